The molecule has 0 aromatic carbocycles. The van der Waals surface area contributed by atoms with Gasteiger partial charge in [-0.05, 0) is 80.9 Å². The Hall–Kier alpha value is -2.41. The lowest BCUT2D eigenvalue weighted by atomic mass is 9.81. The Bertz CT molecular complexity index is 1010. The van der Waals surface area contributed by atoms with Gasteiger partial charge in [0.15, 0.2) is 0 Å². The maximum Gasteiger partial charge on any atom is 0.348 e. The molecule has 2 aromatic heterocycles. The molecule has 7 heteroatoms. The van der Waals surface area contributed by atoms with Crippen LogP contribution < -0.4 is 9.64 Å². The molecular weight excluding hydrogens is 460 g/mol. The number of hydrogen-bond acceptors (Lipinski definition) is 5. The van der Waals surface area contributed by atoms with E-state index < -0.39 is 5.97 Å². The molecule has 0 bridgehead atoms. The lowest BCUT2D eigenvalue weighted by Gasteiger charge is -2.39. The second kappa shape index (κ2) is 10.7. The number of carbonyl (C=O) groups is 2. The maximum absolute atomic E-state index is 14.0. The quantitative estimate of drug-likeness (QED) is 0.480. The lowest BCUT2D eigenvalue weighted by Crippen LogP contribution is -2.47. The first-order valence-electron chi connectivity index (χ1n) is 12.9. The zero-order valence-electron chi connectivity index (χ0n) is 21.3. The summed E-state index contributed by atoms with van der Waals surface area (Å²) in [5, 5.41) is 10.1. The average molecular weight is 499 g/mol. The second-order valence-electron chi connectivity index (χ2n) is 11.3. The van der Waals surface area contributed by atoms with Crippen LogP contribution in [0.3, 0.4) is 0 Å². The predicted molar refractivity (Wildman–Crippen MR) is 139 cm³/mol. The third-order valence-corrected chi connectivity index (χ3v) is 8.99. The fourth-order valence-corrected chi connectivity index (χ4v) is 6.36. The van der Waals surface area contributed by atoms with E-state index in [0.717, 1.165) is 62.0 Å². The Morgan fingerprint density at radius 3 is 2.34 bits per heavy atom. The minimum Gasteiger partial charge on any atom is -0.489 e. The maximum atomic E-state index is 14.0. The van der Waals surface area contributed by atoms with Gasteiger partial charge in [-0.25, -0.2) is 4.79 Å². The summed E-state index contributed by atoms with van der Waals surface area (Å²) < 4.78 is 6.13. The first-order valence-corrected chi connectivity index (χ1v) is 13.7. The fraction of sp³-hybridized carbons (Fsp3) is 0.607. The van der Waals surface area contributed by atoms with Crippen LogP contribution in [-0.2, 0) is 10.2 Å². The minimum atomic E-state index is -0.954. The number of thiophene rings is 1. The number of ether oxygens (including phenoxy) is 1. The first kappa shape index (κ1) is 25.7. The van der Waals surface area contributed by atoms with Crippen LogP contribution in [-0.4, -0.2) is 34.1 Å². The van der Waals surface area contributed by atoms with Gasteiger partial charge in [-0.15, -0.1) is 11.3 Å². The SMILES string of the molecule is CC(C)(C)c1cc(N(C(=O)[C@H]2CC[C@H](C)CC2)[C@H]2CC[C@@H](Oc3cccnc3)CC2)c(C(=O)O)s1. The van der Waals surface area contributed by atoms with Gasteiger partial charge in [0.2, 0.25) is 5.91 Å². The van der Waals surface area contributed by atoms with E-state index in [1.807, 2.05) is 23.1 Å². The molecule has 0 saturated heterocycles. The Morgan fingerprint density at radius 2 is 1.77 bits per heavy atom. The summed E-state index contributed by atoms with van der Waals surface area (Å²) in [5.74, 6) is 0.533. The van der Waals surface area contributed by atoms with Crippen LogP contribution in [0, 0.1) is 11.8 Å². The van der Waals surface area contributed by atoms with E-state index in [4.69, 9.17) is 4.74 Å². The molecule has 0 spiro atoms. The van der Waals surface area contributed by atoms with Crippen LogP contribution in [0.4, 0.5) is 5.69 Å². The van der Waals surface area contributed by atoms with Crippen molar-refractivity contribution in [2.24, 2.45) is 11.8 Å². The average Bonchev–Trinajstić information content (AvgIpc) is 3.27. The van der Waals surface area contributed by atoms with Crippen LogP contribution >= 0.6 is 11.3 Å². The zero-order chi connectivity index (χ0) is 25.2. The molecule has 0 radical (unpaired) electrons. The van der Waals surface area contributed by atoms with Crippen LogP contribution in [0.1, 0.15) is 93.6 Å². The third-order valence-electron chi connectivity index (χ3n) is 7.45. The highest BCUT2D eigenvalue weighted by molar-refractivity contribution is 7.14. The molecule has 35 heavy (non-hydrogen) atoms. The van der Waals surface area contributed by atoms with Crippen LogP contribution in [0.25, 0.3) is 0 Å². The molecule has 2 saturated carbocycles. The highest BCUT2D eigenvalue weighted by Gasteiger charge is 2.38. The van der Waals surface area contributed by atoms with E-state index in [0.29, 0.717) is 11.6 Å². The summed E-state index contributed by atoms with van der Waals surface area (Å²) in [7, 11) is 0. The van der Waals surface area contributed by atoms with Crippen molar-refractivity contribution >= 4 is 28.9 Å². The summed E-state index contributed by atoms with van der Waals surface area (Å²) in [6, 6.07) is 5.73. The molecule has 2 aromatic rings. The molecule has 4 rings (SSSR count). The molecule has 1 amide bonds. The number of aromatic nitrogens is 1. The smallest absolute Gasteiger partial charge is 0.348 e. The first-order chi connectivity index (χ1) is 16.6. The number of carboxylic acid groups (broad SMARTS) is 1. The predicted octanol–water partition coefficient (Wildman–Crippen LogP) is 6.69. The Labute approximate surface area is 212 Å². The van der Waals surface area contributed by atoms with Crippen molar-refractivity contribution in [3.63, 3.8) is 0 Å². The molecule has 2 aliphatic carbocycles. The lowest BCUT2D eigenvalue weighted by molar-refractivity contribution is -0.124. The van der Waals surface area contributed by atoms with E-state index in [-0.39, 0.29) is 34.3 Å². The number of pyridine rings is 1. The van der Waals surface area contributed by atoms with Gasteiger partial charge < -0.3 is 14.7 Å². The summed E-state index contributed by atoms with van der Waals surface area (Å²) in [4.78, 5) is 33.6. The Morgan fingerprint density at radius 1 is 1.09 bits per heavy atom. The van der Waals surface area contributed by atoms with E-state index in [1.54, 1.807) is 12.4 Å². The third kappa shape index (κ3) is 6.05. The molecule has 0 unspecified atom stereocenters. The highest BCUT2D eigenvalue weighted by atomic mass is 32.1. The van der Waals surface area contributed by atoms with Crippen LogP contribution in [0.15, 0.2) is 30.6 Å². The van der Waals surface area contributed by atoms with Crippen molar-refractivity contribution in [1.82, 2.24) is 4.98 Å². The summed E-state index contributed by atoms with van der Waals surface area (Å²) in [5.41, 5.74) is 0.407. The van der Waals surface area contributed by atoms with E-state index in [9.17, 15) is 14.7 Å². The van der Waals surface area contributed by atoms with Gasteiger partial charge in [0.25, 0.3) is 0 Å². The van der Waals surface area contributed by atoms with Crippen molar-refractivity contribution in [1.29, 1.82) is 0 Å². The Kier molecular flexibility index (Phi) is 7.84. The normalized spacial score (nSPS) is 25.1. The van der Waals surface area contributed by atoms with Gasteiger partial charge in [0.1, 0.15) is 10.6 Å². The van der Waals surface area contributed by atoms with Crippen molar-refractivity contribution in [2.75, 3.05) is 4.90 Å². The molecule has 6 nitrogen and oxygen atoms in total. The monoisotopic (exact) mass is 498 g/mol. The molecule has 2 fully saturated rings. The van der Waals surface area contributed by atoms with Gasteiger partial charge in [0.05, 0.1) is 18.0 Å². The number of rotatable bonds is 6. The molecule has 0 atom stereocenters. The number of nitrogens with zero attached hydrogens (tertiary/aromatic N) is 2. The molecule has 0 aliphatic heterocycles. The van der Waals surface area contributed by atoms with Gasteiger partial charge in [0, 0.05) is 23.0 Å². The topological polar surface area (TPSA) is 79.7 Å². The van der Waals surface area contributed by atoms with Crippen LogP contribution in [0.2, 0.25) is 0 Å². The second-order valence-corrected chi connectivity index (χ2v) is 12.3. The molecule has 190 valence electrons. The number of amides is 1. The van der Waals surface area contributed by atoms with E-state index >= 15 is 0 Å². The molecule has 2 aliphatic rings. The fourth-order valence-electron chi connectivity index (χ4n) is 5.31. The van der Waals surface area contributed by atoms with E-state index in [1.165, 1.54) is 11.3 Å². The number of aromatic carboxylic acids is 1. The standard InChI is InChI=1S/C28H38N2O4S/c1-18-7-9-19(10-8-18)26(31)30(23-16-24(28(2,3)4)35-25(23)27(32)33)20-11-13-21(14-12-20)34-22-6-5-15-29-17-22/h5-6,15-21H,7-14H2,1-4H3,(H,32,33)/t18-,19-,20-,21+. The minimum absolute atomic E-state index is 0.0175. The summed E-state index contributed by atoms with van der Waals surface area (Å²) in [6.07, 6.45) is 10.6. The van der Waals surface area contributed by atoms with Crippen LogP contribution in [0.5, 0.6) is 5.75 Å². The molecule has 2 heterocycles. The van der Waals surface area contributed by atoms with Crippen molar-refractivity contribution in [3.05, 3.63) is 40.3 Å². The van der Waals surface area contributed by atoms with E-state index in [2.05, 4.69) is 32.7 Å². The zero-order valence-corrected chi connectivity index (χ0v) is 22.1. The molecule has 1 N–H and O–H groups in total. The number of carbonyl (C=O) groups excluding carboxylic acids is 1. The summed E-state index contributed by atoms with van der Waals surface area (Å²) in [6.45, 7) is 8.51. The van der Waals surface area contributed by atoms with Gasteiger partial charge in [-0.2, -0.15) is 0 Å². The summed E-state index contributed by atoms with van der Waals surface area (Å²) >= 11 is 1.31. The van der Waals surface area contributed by atoms with Gasteiger partial charge >= 0.3 is 5.97 Å². The molecular formula is C28H38N2O4S. The van der Waals surface area contributed by atoms with Gasteiger partial charge in [-0.1, -0.05) is 27.7 Å². The van der Waals surface area contributed by atoms with Crippen molar-refractivity contribution in [2.45, 2.75) is 96.6 Å². The largest absolute Gasteiger partial charge is 0.489 e. The Balaban J connectivity index is 1.60. The van der Waals surface area contributed by atoms with Crippen molar-refractivity contribution in [3.8, 4) is 5.75 Å². The number of anilines is 1. The number of carboxylic acids is 1. The highest BCUT2D eigenvalue weighted by Crippen LogP contribution is 2.42. The van der Waals surface area contributed by atoms with Crippen molar-refractivity contribution < 1.29 is 19.4 Å². The number of hydrogen-bond donors (Lipinski definition) is 1. The van der Waals surface area contributed by atoms with Gasteiger partial charge in [-0.3, -0.25) is 9.78 Å².